The first kappa shape index (κ1) is 30.2. The third-order valence-corrected chi connectivity index (χ3v) is 7.40. The molecule has 5 rings (SSSR count). The molecule has 2 aromatic heterocycles. The molecule has 0 aliphatic carbocycles. The summed E-state index contributed by atoms with van der Waals surface area (Å²) in [6, 6.07) is 13.8. The number of fused-ring (bicyclic) bond motifs is 1. The Morgan fingerprint density at radius 1 is 1.12 bits per heavy atom. The topological polar surface area (TPSA) is 144 Å². The predicted octanol–water partition coefficient (Wildman–Crippen LogP) is 3.39. The smallest absolute Gasteiger partial charge is 0.253 e. The summed E-state index contributed by atoms with van der Waals surface area (Å²) in [4.78, 5) is 29.7. The highest BCUT2D eigenvalue weighted by Gasteiger charge is 2.30. The highest BCUT2D eigenvalue weighted by molar-refractivity contribution is 5.95. The Kier molecular flexibility index (Phi) is 9.39. The summed E-state index contributed by atoms with van der Waals surface area (Å²) in [6.07, 6.45) is 3.22. The van der Waals surface area contributed by atoms with Crippen LogP contribution in [0.15, 0.2) is 48.8 Å². The number of anilines is 2. The number of amides is 1. The number of carbonyl (C=O) groups is 1. The van der Waals surface area contributed by atoms with Gasteiger partial charge in [0.25, 0.3) is 5.91 Å². The second kappa shape index (κ2) is 13.4. The number of nitrogen functional groups attached to an aromatic ring is 1. The molecule has 0 saturated carbocycles. The summed E-state index contributed by atoms with van der Waals surface area (Å²) in [6.45, 7) is 1.95. The fourth-order valence-corrected chi connectivity index (χ4v) is 5.13. The van der Waals surface area contributed by atoms with E-state index in [1.54, 1.807) is 25.1 Å². The molecule has 4 N–H and O–H groups in total. The molecule has 0 bridgehead atoms. The van der Waals surface area contributed by atoms with E-state index in [4.69, 9.17) is 15.2 Å². The second-order valence-corrected chi connectivity index (χ2v) is 11.2. The van der Waals surface area contributed by atoms with Gasteiger partial charge in [-0.05, 0) is 68.2 Å². The van der Waals surface area contributed by atoms with E-state index in [0.29, 0.717) is 47.4 Å². The maximum absolute atomic E-state index is 12.8. The lowest BCUT2D eigenvalue weighted by Gasteiger charge is -2.17. The van der Waals surface area contributed by atoms with E-state index in [-0.39, 0.29) is 24.8 Å². The van der Waals surface area contributed by atoms with Gasteiger partial charge in [-0.3, -0.25) is 9.36 Å². The molecule has 1 amide bonds. The van der Waals surface area contributed by atoms with Gasteiger partial charge in [-0.15, -0.1) is 0 Å². The molecule has 2 atom stereocenters. The molecular weight excluding hydrogens is 548 g/mol. The first-order valence-electron chi connectivity index (χ1n) is 14.5. The molecule has 43 heavy (non-hydrogen) atoms. The molecule has 228 valence electrons. The normalized spacial score (nSPS) is 16.6. The monoisotopic (exact) mass is 588 g/mol. The van der Waals surface area contributed by atoms with Gasteiger partial charge in [0.1, 0.15) is 18.3 Å². The molecule has 1 fully saturated rings. The minimum atomic E-state index is -0.322. The third-order valence-electron chi connectivity index (χ3n) is 7.40. The van der Waals surface area contributed by atoms with Crippen molar-refractivity contribution >= 4 is 28.8 Å². The molecule has 0 radical (unpaired) electrons. The standard InChI is InChI=1S/C31H40N8O4/c1-37(2)12-5-13-42-25-15-22(14-23(16-25)30(41)38(3)4)21-8-6-20(7-9-21)17-33-31-36-27-28(32)34-19-35-29(27)39(31)26-11-10-24(18-40)43-26/h6-9,14-16,19,24,26,40H,5,10-13,17-18H2,1-4H3,(H,33,36)(H2,32,34,35)/t24-,26+/m0/s1. The van der Waals surface area contributed by atoms with Crippen LogP contribution < -0.4 is 15.8 Å². The molecule has 4 aromatic rings. The van der Waals surface area contributed by atoms with Gasteiger partial charge in [0.15, 0.2) is 17.0 Å². The highest BCUT2D eigenvalue weighted by Crippen LogP contribution is 2.34. The Balaban J connectivity index is 1.35. The lowest BCUT2D eigenvalue weighted by molar-refractivity contribution is -0.0197. The van der Waals surface area contributed by atoms with Gasteiger partial charge in [-0.25, -0.2) is 15.0 Å². The number of imidazole rings is 1. The zero-order valence-electron chi connectivity index (χ0n) is 25.2. The molecular formula is C31H40N8O4. The molecule has 2 aromatic carbocycles. The van der Waals surface area contributed by atoms with Gasteiger partial charge < -0.3 is 35.4 Å². The molecule has 0 spiro atoms. The number of benzene rings is 2. The number of ether oxygens (including phenoxy) is 2. The van der Waals surface area contributed by atoms with Crippen LogP contribution in [0, 0.1) is 0 Å². The zero-order chi connectivity index (χ0) is 30.5. The number of carbonyl (C=O) groups excluding carboxylic acids is 1. The highest BCUT2D eigenvalue weighted by atomic mass is 16.5. The number of nitrogens with zero attached hydrogens (tertiary/aromatic N) is 6. The molecule has 12 nitrogen and oxygen atoms in total. The number of nitrogens with two attached hydrogens (primary N) is 1. The lowest BCUT2D eigenvalue weighted by Crippen LogP contribution is -2.21. The van der Waals surface area contributed by atoms with Crippen LogP contribution in [0.3, 0.4) is 0 Å². The number of aliphatic hydroxyl groups is 1. The number of hydrogen-bond acceptors (Lipinski definition) is 10. The van der Waals surface area contributed by atoms with Gasteiger partial charge in [-0.1, -0.05) is 24.3 Å². The van der Waals surface area contributed by atoms with E-state index in [9.17, 15) is 9.90 Å². The van der Waals surface area contributed by atoms with Gasteiger partial charge in [0, 0.05) is 32.7 Å². The first-order chi connectivity index (χ1) is 20.7. The van der Waals surface area contributed by atoms with Crippen molar-refractivity contribution < 1.29 is 19.4 Å². The Morgan fingerprint density at radius 3 is 2.60 bits per heavy atom. The van der Waals surface area contributed by atoms with Crippen LogP contribution in [0.2, 0.25) is 0 Å². The summed E-state index contributed by atoms with van der Waals surface area (Å²) in [5, 5.41) is 13.0. The number of nitrogens with one attached hydrogen (secondary N) is 1. The number of aliphatic hydroxyl groups excluding tert-OH is 1. The van der Waals surface area contributed by atoms with E-state index in [1.165, 1.54) is 6.33 Å². The summed E-state index contributed by atoms with van der Waals surface area (Å²) in [5.74, 6) is 1.46. The van der Waals surface area contributed by atoms with E-state index < -0.39 is 0 Å². The average Bonchev–Trinajstić information content (AvgIpc) is 3.63. The molecule has 0 unspecified atom stereocenters. The largest absolute Gasteiger partial charge is 0.494 e. The van der Waals surface area contributed by atoms with E-state index in [1.807, 2.05) is 55.1 Å². The fraction of sp³-hybridized carbons (Fsp3) is 0.419. The maximum atomic E-state index is 12.8. The molecule has 1 saturated heterocycles. The van der Waals surface area contributed by atoms with Crippen LogP contribution in [0.25, 0.3) is 22.3 Å². The Morgan fingerprint density at radius 2 is 1.91 bits per heavy atom. The molecule has 1 aliphatic rings. The Bertz CT molecular complexity index is 1550. The number of rotatable bonds is 12. The van der Waals surface area contributed by atoms with Crippen LogP contribution in [0.5, 0.6) is 5.75 Å². The number of hydrogen-bond donors (Lipinski definition) is 3. The van der Waals surface area contributed by atoms with Gasteiger partial charge in [0.2, 0.25) is 5.95 Å². The number of aromatic nitrogens is 4. The summed E-state index contributed by atoms with van der Waals surface area (Å²) in [5.41, 5.74) is 10.7. The summed E-state index contributed by atoms with van der Waals surface area (Å²) in [7, 11) is 7.55. The van der Waals surface area contributed by atoms with Crippen LogP contribution in [-0.2, 0) is 11.3 Å². The van der Waals surface area contributed by atoms with Gasteiger partial charge in [-0.2, -0.15) is 0 Å². The Hall–Kier alpha value is -4.26. The minimum Gasteiger partial charge on any atom is -0.494 e. The van der Waals surface area contributed by atoms with Crippen molar-refractivity contribution in [3.8, 4) is 16.9 Å². The lowest BCUT2D eigenvalue weighted by atomic mass is 10.0. The average molecular weight is 589 g/mol. The quantitative estimate of drug-likeness (QED) is 0.211. The third kappa shape index (κ3) is 7.04. The van der Waals surface area contributed by atoms with Crippen LogP contribution in [-0.4, -0.2) is 94.4 Å². The van der Waals surface area contributed by atoms with Gasteiger partial charge in [0.05, 0.1) is 19.3 Å². The van der Waals surface area contributed by atoms with Crippen molar-refractivity contribution in [3.05, 3.63) is 59.9 Å². The van der Waals surface area contributed by atoms with E-state index >= 15 is 0 Å². The summed E-state index contributed by atoms with van der Waals surface area (Å²) >= 11 is 0. The summed E-state index contributed by atoms with van der Waals surface area (Å²) < 4.78 is 14.0. The predicted molar refractivity (Wildman–Crippen MR) is 166 cm³/mol. The van der Waals surface area contributed by atoms with Crippen molar-refractivity contribution in [2.24, 2.45) is 0 Å². The fourth-order valence-electron chi connectivity index (χ4n) is 5.13. The van der Waals surface area contributed by atoms with E-state index in [0.717, 1.165) is 42.5 Å². The zero-order valence-corrected chi connectivity index (χ0v) is 25.2. The molecule has 3 heterocycles. The minimum absolute atomic E-state index is 0.0361. The second-order valence-electron chi connectivity index (χ2n) is 11.2. The molecule has 12 heteroatoms. The van der Waals surface area contributed by atoms with Crippen molar-refractivity contribution in [1.29, 1.82) is 0 Å². The SMILES string of the molecule is CN(C)CCCOc1cc(C(=O)N(C)C)cc(-c2ccc(CNc3nc4c(N)ncnc4n3[C@H]3CC[C@@H](CO)O3)cc2)c1. The van der Waals surface area contributed by atoms with Crippen LogP contribution >= 0.6 is 0 Å². The van der Waals surface area contributed by atoms with Crippen molar-refractivity contribution in [2.45, 2.75) is 38.1 Å². The Labute approximate surface area is 251 Å². The maximum Gasteiger partial charge on any atom is 0.253 e. The first-order valence-corrected chi connectivity index (χ1v) is 14.5. The van der Waals surface area contributed by atoms with E-state index in [2.05, 4.69) is 25.2 Å². The van der Waals surface area contributed by atoms with Crippen molar-refractivity contribution in [1.82, 2.24) is 29.3 Å². The van der Waals surface area contributed by atoms with Crippen molar-refractivity contribution in [3.63, 3.8) is 0 Å². The molecule has 1 aliphatic heterocycles. The van der Waals surface area contributed by atoms with Crippen LogP contribution in [0.1, 0.15) is 41.4 Å². The van der Waals surface area contributed by atoms with Crippen molar-refractivity contribution in [2.75, 3.05) is 59.0 Å². The van der Waals surface area contributed by atoms with Gasteiger partial charge >= 0.3 is 0 Å². The van der Waals surface area contributed by atoms with Crippen LogP contribution in [0.4, 0.5) is 11.8 Å².